The number of carbonyl (C=O) groups is 1. The SMILES string of the molecule is COc1cccc(OC)c1-c1cnc(N(C)C)nc1C1CCN(C(=O)[C@@H]2CCCO2)CC1. The molecule has 0 spiro atoms. The summed E-state index contributed by atoms with van der Waals surface area (Å²) < 4.78 is 16.9. The number of anilines is 1. The Kier molecular flexibility index (Phi) is 6.79. The van der Waals surface area contributed by atoms with Crippen LogP contribution in [0.3, 0.4) is 0 Å². The van der Waals surface area contributed by atoms with Gasteiger partial charge in [-0.3, -0.25) is 4.79 Å². The zero-order chi connectivity index (χ0) is 22.7. The van der Waals surface area contributed by atoms with Crippen LogP contribution >= 0.6 is 0 Å². The molecule has 2 aromatic rings. The van der Waals surface area contributed by atoms with E-state index in [4.69, 9.17) is 19.2 Å². The molecule has 0 unspecified atom stereocenters. The minimum Gasteiger partial charge on any atom is -0.496 e. The van der Waals surface area contributed by atoms with Gasteiger partial charge in [0.25, 0.3) is 5.91 Å². The maximum absolute atomic E-state index is 12.8. The van der Waals surface area contributed by atoms with E-state index in [0.29, 0.717) is 25.6 Å². The summed E-state index contributed by atoms with van der Waals surface area (Å²) in [5, 5.41) is 0. The maximum Gasteiger partial charge on any atom is 0.251 e. The van der Waals surface area contributed by atoms with Crippen LogP contribution in [0.5, 0.6) is 11.5 Å². The Morgan fingerprint density at radius 3 is 2.38 bits per heavy atom. The van der Waals surface area contributed by atoms with Crippen molar-refractivity contribution in [3.8, 4) is 22.6 Å². The van der Waals surface area contributed by atoms with Gasteiger partial charge in [0.2, 0.25) is 5.95 Å². The highest BCUT2D eigenvalue weighted by Gasteiger charge is 2.33. The number of nitrogens with zero attached hydrogens (tertiary/aromatic N) is 4. The van der Waals surface area contributed by atoms with E-state index in [0.717, 1.165) is 54.0 Å². The van der Waals surface area contributed by atoms with Gasteiger partial charge in [-0.25, -0.2) is 9.97 Å². The lowest BCUT2D eigenvalue weighted by molar-refractivity contribution is -0.142. The van der Waals surface area contributed by atoms with E-state index in [-0.39, 0.29) is 17.9 Å². The van der Waals surface area contributed by atoms with Crippen LogP contribution in [0, 0.1) is 0 Å². The lowest BCUT2D eigenvalue weighted by Gasteiger charge is -2.34. The topological polar surface area (TPSA) is 77.0 Å². The second kappa shape index (κ2) is 9.73. The molecule has 0 saturated carbocycles. The van der Waals surface area contributed by atoms with Crippen molar-refractivity contribution in [1.82, 2.24) is 14.9 Å². The van der Waals surface area contributed by atoms with Gasteiger partial charge in [-0.2, -0.15) is 0 Å². The summed E-state index contributed by atoms with van der Waals surface area (Å²) >= 11 is 0. The van der Waals surface area contributed by atoms with Crippen molar-refractivity contribution >= 4 is 11.9 Å². The molecular weight excluding hydrogens is 408 g/mol. The van der Waals surface area contributed by atoms with Crippen molar-refractivity contribution in [2.24, 2.45) is 0 Å². The molecule has 8 heteroatoms. The third kappa shape index (κ3) is 4.37. The quantitative estimate of drug-likeness (QED) is 0.683. The molecule has 32 heavy (non-hydrogen) atoms. The normalized spacial score (nSPS) is 19.1. The largest absolute Gasteiger partial charge is 0.496 e. The van der Waals surface area contributed by atoms with Crippen LogP contribution in [-0.4, -0.2) is 74.9 Å². The molecule has 172 valence electrons. The monoisotopic (exact) mass is 440 g/mol. The van der Waals surface area contributed by atoms with E-state index < -0.39 is 0 Å². The minimum atomic E-state index is -0.264. The van der Waals surface area contributed by atoms with Gasteiger partial charge in [0.15, 0.2) is 0 Å². The fourth-order valence-corrected chi connectivity index (χ4v) is 4.57. The predicted molar refractivity (Wildman–Crippen MR) is 122 cm³/mol. The molecule has 0 bridgehead atoms. The molecule has 1 atom stereocenters. The van der Waals surface area contributed by atoms with Crippen LogP contribution in [0.25, 0.3) is 11.1 Å². The zero-order valence-corrected chi connectivity index (χ0v) is 19.3. The smallest absolute Gasteiger partial charge is 0.251 e. The van der Waals surface area contributed by atoms with E-state index in [2.05, 4.69) is 4.98 Å². The minimum absolute atomic E-state index is 0.129. The van der Waals surface area contributed by atoms with Crippen LogP contribution in [0.15, 0.2) is 24.4 Å². The van der Waals surface area contributed by atoms with E-state index in [1.807, 2.05) is 48.3 Å². The van der Waals surface area contributed by atoms with Gasteiger partial charge in [0.1, 0.15) is 17.6 Å². The number of piperidine rings is 1. The van der Waals surface area contributed by atoms with Crippen LogP contribution in [0.4, 0.5) is 5.95 Å². The van der Waals surface area contributed by atoms with Gasteiger partial charge in [-0.05, 0) is 37.8 Å². The van der Waals surface area contributed by atoms with Gasteiger partial charge in [0.05, 0.1) is 25.5 Å². The Hall–Kier alpha value is -2.87. The Balaban J connectivity index is 1.65. The molecule has 2 aliphatic heterocycles. The standard InChI is InChI=1S/C24H32N4O4/c1-27(2)24-25-15-17(21-18(30-3)7-5-8-19(21)31-4)22(26-24)16-10-12-28(13-11-16)23(29)20-9-6-14-32-20/h5,7-8,15-16,20H,6,9-14H2,1-4H3/t20-/m0/s1. The third-order valence-corrected chi connectivity index (χ3v) is 6.30. The number of methoxy groups -OCH3 is 2. The molecule has 1 aromatic heterocycles. The Bertz CT molecular complexity index is 929. The highest BCUT2D eigenvalue weighted by molar-refractivity contribution is 5.81. The van der Waals surface area contributed by atoms with Crippen molar-refractivity contribution in [1.29, 1.82) is 0 Å². The van der Waals surface area contributed by atoms with E-state index in [1.54, 1.807) is 14.2 Å². The second-order valence-corrected chi connectivity index (χ2v) is 8.50. The average Bonchev–Trinajstić information content (AvgIpc) is 3.37. The van der Waals surface area contributed by atoms with Crippen molar-refractivity contribution in [2.75, 3.05) is 52.9 Å². The Morgan fingerprint density at radius 1 is 1.12 bits per heavy atom. The molecule has 3 heterocycles. The molecule has 4 rings (SSSR count). The molecular formula is C24H32N4O4. The summed E-state index contributed by atoms with van der Waals surface area (Å²) in [4.78, 5) is 26.2. The molecule has 0 N–H and O–H groups in total. The number of ether oxygens (including phenoxy) is 3. The van der Waals surface area contributed by atoms with E-state index >= 15 is 0 Å². The molecule has 2 fully saturated rings. The summed E-state index contributed by atoms with van der Waals surface area (Å²) in [6, 6.07) is 5.75. The van der Waals surface area contributed by atoms with Crippen LogP contribution in [-0.2, 0) is 9.53 Å². The maximum atomic E-state index is 12.8. The third-order valence-electron chi connectivity index (χ3n) is 6.30. The fraction of sp³-hybridized carbons (Fsp3) is 0.542. The number of aromatic nitrogens is 2. The summed E-state index contributed by atoms with van der Waals surface area (Å²) in [6.07, 6.45) is 5.07. The predicted octanol–water partition coefficient (Wildman–Crippen LogP) is 3.11. The lowest BCUT2D eigenvalue weighted by atomic mass is 9.88. The van der Waals surface area contributed by atoms with Gasteiger partial charge < -0.3 is 24.0 Å². The number of benzene rings is 1. The molecule has 8 nitrogen and oxygen atoms in total. The van der Waals surface area contributed by atoms with Crippen LogP contribution < -0.4 is 14.4 Å². The fourth-order valence-electron chi connectivity index (χ4n) is 4.57. The number of amides is 1. The van der Waals surface area contributed by atoms with E-state index in [9.17, 15) is 4.79 Å². The lowest BCUT2D eigenvalue weighted by Crippen LogP contribution is -2.43. The van der Waals surface area contributed by atoms with Gasteiger partial charge >= 0.3 is 0 Å². The Labute approximate surface area is 189 Å². The first-order chi connectivity index (χ1) is 15.5. The zero-order valence-electron chi connectivity index (χ0n) is 19.3. The molecule has 2 aliphatic rings. The van der Waals surface area contributed by atoms with Crippen LogP contribution in [0.1, 0.15) is 37.3 Å². The van der Waals surface area contributed by atoms with Crippen LogP contribution in [0.2, 0.25) is 0 Å². The number of hydrogen-bond acceptors (Lipinski definition) is 7. The first-order valence-electron chi connectivity index (χ1n) is 11.2. The summed E-state index contributed by atoms with van der Waals surface area (Å²) in [5.74, 6) is 2.44. The van der Waals surface area contributed by atoms with Crippen molar-refractivity contribution in [3.05, 3.63) is 30.1 Å². The summed E-state index contributed by atoms with van der Waals surface area (Å²) in [6.45, 7) is 2.09. The number of hydrogen-bond donors (Lipinski definition) is 0. The number of rotatable bonds is 6. The number of likely N-dealkylation sites (tertiary alicyclic amines) is 1. The molecule has 0 radical (unpaired) electrons. The van der Waals surface area contributed by atoms with Gasteiger partial charge in [-0.1, -0.05) is 6.07 Å². The van der Waals surface area contributed by atoms with Crippen molar-refractivity contribution in [3.63, 3.8) is 0 Å². The van der Waals surface area contributed by atoms with Crippen molar-refractivity contribution < 1.29 is 19.0 Å². The van der Waals surface area contributed by atoms with Crippen molar-refractivity contribution in [2.45, 2.75) is 37.7 Å². The van der Waals surface area contributed by atoms with Gasteiger partial charge in [-0.15, -0.1) is 0 Å². The average molecular weight is 441 g/mol. The first kappa shape index (κ1) is 22.3. The highest BCUT2D eigenvalue weighted by Crippen LogP contribution is 2.43. The molecule has 0 aliphatic carbocycles. The summed E-state index contributed by atoms with van der Waals surface area (Å²) in [7, 11) is 7.18. The molecule has 1 amide bonds. The molecule has 2 saturated heterocycles. The number of carbonyl (C=O) groups excluding carboxylic acids is 1. The highest BCUT2D eigenvalue weighted by atomic mass is 16.5. The first-order valence-corrected chi connectivity index (χ1v) is 11.2. The second-order valence-electron chi connectivity index (χ2n) is 8.50. The Morgan fingerprint density at radius 2 is 1.81 bits per heavy atom. The van der Waals surface area contributed by atoms with Gasteiger partial charge in [0, 0.05) is 51.5 Å². The summed E-state index contributed by atoms with van der Waals surface area (Å²) in [5.41, 5.74) is 2.74. The van der Waals surface area contributed by atoms with E-state index in [1.165, 1.54) is 0 Å². The molecule has 1 aromatic carbocycles.